The number of unbranched alkanes of at least 4 members (excludes halogenated alkanes) is 1. The van der Waals surface area contributed by atoms with Gasteiger partial charge in [0.1, 0.15) is 24.1 Å². The van der Waals surface area contributed by atoms with E-state index in [2.05, 4.69) is 20.3 Å². The smallest absolute Gasteiger partial charge is 0.237 e. The van der Waals surface area contributed by atoms with Gasteiger partial charge in [0.25, 0.3) is 0 Å². The van der Waals surface area contributed by atoms with Crippen LogP contribution in [0.2, 0.25) is 0 Å². The normalized spacial score (nSPS) is 26.4. The Bertz CT molecular complexity index is 798. The molecule has 5 atom stereocenters. The number of amides is 1. The molecule has 0 aliphatic carbocycles. The Balaban J connectivity index is 1.79. The molecule has 3 heterocycles. The minimum absolute atomic E-state index is 0.205. The van der Waals surface area contributed by atoms with Crippen LogP contribution in [0, 0.1) is 0 Å². The van der Waals surface area contributed by atoms with Gasteiger partial charge in [-0.2, -0.15) is 0 Å². The predicted octanol–water partition coefficient (Wildman–Crippen LogP) is -1.34. The lowest BCUT2D eigenvalue weighted by atomic mass is 10.1. The van der Waals surface area contributed by atoms with Crippen molar-refractivity contribution in [1.82, 2.24) is 24.8 Å². The maximum Gasteiger partial charge on any atom is 0.237 e. The molecule has 1 amide bonds. The fourth-order valence-electron chi connectivity index (χ4n) is 3.19. The molecule has 1 fully saturated rings. The van der Waals surface area contributed by atoms with E-state index in [9.17, 15) is 15.0 Å². The van der Waals surface area contributed by atoms with Crippen LogP contribution in [0.3, 0.4) is 0 Å². The van der Waals surface area contributed by atoms with E-state index >= 15 is 0 Å². The van der Waals surface area contributed by atoms with Crippen molar-refractivity contribution in [2.45, 2.75) is 56.7 Å². The van der Waals surface area contributed by atoms with E-state index in [0.717, 1.165) is 12.8 Å². The number of hydrogen-bond acceptors (Lipinski definition) is 9. The number of nitrogens with one attached hydrogen (secondary N) is 1. The van der Waals surface area contributed by atoms with Gasteiger partial charge in [0, 0.05) is 0 Å². The summed E-state index contributed by atoms with van der Waals surface area (Å²) in [6.07, 6.45) is 2.16. The second kappa shape index (κ2) is 8.13. The largest absolute Gasteiger partial charge is 0.394 e. The van der Waals surface area contributed by atoms with Crippen LogP contribution in [0.15, 0.2) is 12.7 Å². The SMILES string of the molecule is CCCCC(N)C(=O)NC1C(O)[C@H](n2cnc3c(N)ncnc32)O[C@@H]1CO. The molecule has 0 aromatic carbocycles. The Labute approximate surface area is 155 Å². The second-order valence-electron chi connectivity index (χ2n) is 6.60. The average Bonchev–Trinajstić information content (AvgIpc) is 3.22. The molecule has 3 rings (SSSR count). The zero-order valence-electron chi connectivity index (χ0n) is 15.0. The summed E-state index contributed by atoms with van der Waals surface area (Å²) in [5.41, 5.74) is 12.4. The van der Waals surface area contributed by atoms with Gasteiger partial charge in [-0.15, -0.1) is 0 Å². The lowest BCUT2D eigenvalue weighted by Gasteiger charge is -2.22. The van der Waals surface area contributed by atoms with Crippen LogP contribution in [-0.2, 0) is 9.53 Å². The first-order valence-corrected chi connectivity index (χ1v) is 8.91. The highest BCUT2D eigenvalue weighted by Gasteiger charge is 2.46. The number of nitrogen functional groups attached to an aromatic ring is 1. The first-order chi connectivity index (χ1) is 13.0. The topological polar surface area (TPSA) is 174 Å². The van der Waals surface area contributed by atoms with E-state index in [-0.39, 0.29) is 12.4 Å². The van der Waals surface area contributed by atoms with Crippen molar-refractivity contribution in [2.24, 2.45) is 5.73 Å². The number of fused-ring (bicyclic) bond motifs is 1. The van der Waals surface area contributed by atoms with Gasteiger partial charge in [-0.1, -0.05) is 19.8 Å². The lowest BCUT2D eigenvalue weighted by molar-refractivity contribution is -0.124. The molecule has 1 aliphatic rings. The molecule has 0 radical (unpaired) electrons. The van der Waals surface area contributed by atoms with Gasteiger partial charge in [-0.3, -0.25) is 9.36 Å². The molecule has 0 saturated carbocycles. The van der Waals surface area contributed by atoms with Crippen molar-refractivity contribution in [3.05, 3.63) is 12.7 Å². The van der Waals surface area contributed by atoms with E-state index in [1.165, 1.54) is 17.2 Å². The summed E-state index contributed by atoms with van der Waals surface area (Å²) in [7, 11) is 0. The van der Waals surface area contributed by atoms with Crippen LogP contribution < -0.4 is 16.8 Å². The Hall–Kier alpha value is -2.34. The minimum Gasteiger partial charge on any atom is -0.394 e. The van der Waals surface area contributed by atoms with Crippen LogP contribution in [0.5, 0.6) is 0 Å². The third-order valence-electron chi connectivity index (χ3n) is 4.73. The number of aliphatic hydroxyl groups excluding tert-OH is 2. The van der Waals surface area contributed by atoms with E-state index in [1.54, 1.807) is 0 Å². The summed E-state index contributed by atoms with van der Waals surface area (Å²) in [5, 5.41) is 23.1. The molecular formula is C16H25N7O4. The maximum atomic E-state index is 12.3. The number of ether oxygens (including phenoxy) is 1. The van der Waals surface area contributed by atoms with Crippen LogP contribution in [-0.4, -0.2) is 66.5 Å². The van der Waals surface area contributed by atoms with Crippen LogP contribution in [0.25, 0.3) is 11.2 Å². The number of imidazole rings is 1. The maximum absolute atomic E-state index is 12.3. The summed E-state index contributed by atoms with van der Waals surface area (Å²) in [4.78, 5) is 24.5. The highest BCUT2D eigenvalue weighted by molar-refractivity contribution is 5.82. The Morgan fingerprint density at radius 1 is 1.44 bits per heavy atom. The van der Waals surface area contributed by atoms with Crippen LogP contribution >= 0.6 is 0 Å². The summed E-state index contributed by atoms with van der Waals surface area (Å²) in [6.45, 7) is 1.63. The van der Waals surface area contributed by atoms with E-state index < -0.39 is 36.4 Å². The van der Waals surface area contributed by atoms with Crippen molar-refractivity contribution < 1.29 is 19.7 Å². The van der Waals surface area contributed by atoms with E-state index in [0.29, 0.717) is 17.6 Å². The fourth-order valence-corrected chi connectivity index (χ4v) is 3.19. The summed E-state index contributed by atoms with van der Waals surface area (Å²) in [5.74, 6) is -0.186. The first kappa shape index (κ1) is 19.4. The number of rotatable bonds is 7. The number of nitrogens with zero attached hydrogens (tertiary/aromatic N) is 4. The highest BCUT2D eigenvalue weighted by atomic mass is 16.5. The van der Waals surface area contributed by atoms with Crippen LogP contribution in [0.4, 0.5) is 5.82 Å². The minimum atomic E-state index is -1.14. The molecule has 2 aromatic rings. The second-order valence-corrected chi connectivity index (χ2v) is 6.60. The van der Waals surface area contributed by atoms with Crippen molar-refractivity contribution in [3.63, 3.8) is 0 Å². The molecule has 1 saturated heterocycles. The van der Waals surface area contributed by atoms with E-state index in [1.807, 2.05) is 6.92 Å². The van der Waals surface area contributed by atoms with Crippen LogP contribution in [0.1, 0.15) is 32.4 Å². The lowest BCUT2D eigenvalue weighted by Crippen LogP contribution is -2.53. The Morgan fingerprint density at radius 2 is 2.22 bits per heavy atom. The summed E-state index contributed by atoms with van der Waals surface area (Å²) in [6, 6.07) is -1.51. The number of hydrogen-bond donors (Lipinski definition) is 5. The first-order valence-electron chi connectivity index (χ1n) is 8.91. The molecule has 11 nitrogen and oxygen atoms in total. The predicted molar refractivity (Wildman–Crippen MR) is 96.2 cm³/mol. The molecule has 0 spiro atoms. The van der Waals surface area contributed by atoms with Gasteiger partial charge in [0.15, 0.2) is 17.7 Å². The molecular weight excluding hydrogens is 354 g/mol. The summed E-state index contributed by atoms with van der Waals surface area (Å²) < 4.78 is 7.26. The van der Waals surface area contributed by atoms with Gasteiger partial charge < -0.3 is 31.7 Å². The van der Waals surface area contributed by atoms with Crippen molar-refractivity contribution >= 4 is 22.9 Å². The third kappa shape index (κ3) is 3.72. The number of carbonyl (C=O) groups is 1. The van der Waals surface area contributed by atoms with Crippen molar-refractivity contribution in [2.75, 3.05) is 12.3 Å². The Morgan fingerprint density at radius 3 is 2.93 bits per heavy atom. The average molecular weight is 379 g/mol. The van der Waals surface area contributed by atoms with Crippen molar-refractivity contribution in [3.8, 4) is 0 Å². The quantitative estimate of drug-likeness (QED) is 0.390. The van der Waals surface area contributed by atoms with Gasteiger partial charge in [0.2, 0.25) is 5.91 Å². The van der Waals surface area contributed by atoms with Gasteiger partial charge in [0.05, 0.1) is 25.0 Å². The molecule has 1 aliphatic heterocycles. The van der Waals surface area contributed by atoms with Gasteiger partial charge in [-0.05, 0) is 6.42 Å². The molecule has 0 bridgehead atoms. The van der Waals surface area contributed by atoms with Gasteiger partial charge in [-0.25, -0.2) is 15.0 Å². The molecule has 11 heteroatoms. The van der Waals surface area contributed by atoms with E-state index in [4.69, 9.17) is 16.2 Å². The Kier molecular flexibility index (Phi) is 5.85. The molecule has 27 heavy (non-hydrogen) atoms. The molecule has 2 aromatic heterocycles. The number of aliphatic hydroxyl groups is 2. The third-order valence-corrected chi connectivity index (χ3v) is 4.73. The molecule has 7 N–H and O–H groups in total. The molecule has 148 valence electrons. The summed E-state index contributed by atoms with van der Waals surface area (Å²) >= 11 is 0. The number of anilines is 1. The zero-order chi connectivity index (χ0) is 19.6. The van der Waals surface area contributed by atoms with Gasteiger partial charge >= 0.3 is 0 Å². The fraction of sp³-hybridized carbons (Fsp3) is 0.625. The highest BCUT2D eigenvalue weighted by Crippen LogP contribution is 2.31. The number of nitrogens with two attached hydrogens (primary N) is 2. The molecule has 3 unspecified atom stereocenters. The zero-order valence-corrected chi connectivity index (χ0v) is 15.0. The number of aromatic nitrogens is 4. The monoisotopic (exact) mass is 379 g/mol. The van der Waals surface area contributed by atoms with Crippen molar-refractivity contribution in [1.29, 1.82) is 0 Å². The standard InChI is InChI=1S/C16H25N7O4/c1-2-3-4-8(17)15(26)22-10-9(5-24)27-16(12(10)25)23-7-21-11-13(18)19-6-20-14(11)23/h6-10,12,16,24-25H,2-5,17H2,1H3,(H,22,26)(H2,18,19,20)/t8?,9-,10?,12?,16-/m1/s1. The number of carbonyl (C=O) groups excluding carboxylic acids is 1.